The number of thiocarbonyl (C=S) groups is 1. The molecule has 1 fully saturated rings. The molecule has 0 unspecified atom stereocenters. The third kappa shape index (κ3) is 3.51. The fraction of sp³-hybridized carbons (Fsp3) is 0.500. The maximum Gasteiger partial charge on any atom is 0.0759 e. The van der Waals surface area contributed by atoms with Crippen LogP contribution in [0.5, 0.6) is 0 Å². The van der Waals surface area contributed by atoms with Crippen molar-refractivity contribution in [2.24, 2.45) is 11.7 Å². The van der Waals surface area contributed by atoms with Gasteiger partial charge in [-0.2, -0.15) is 0 Å². The maximum absolute atomic E-state index is 5.70. The summed E-state index contributed by atoms with van der Waals surface area (Å²) in [5.74, 6) is 0.457. The first kappa shape index (κ1) is 12.5. The number of hydrogen-bond donors (Lipinski definition) is 1. The molecule has 2 rings (SSSR count). The third-order valence-corrected chi connectivity index (χ3v) is 3.81. The smallest absolute Gasteiger partial charge is 0.0759 e. The second-order valence-corrected chi connectivity index (χ2v) is 5.41. The lowest BCUT2D eigenvalue weighted by atomic mass is 9.96. The lowest BCUT2D eigenvalue weighted by Crippen LogP contribution is -2.37. The zero-order valence-electron chi connectivity index (χ0n) is 10.4. The number of rotatable bonds is 3. The van der Waals surface area contributed by atoms with E-state index in [9.17, 15) is 0 Å². The quantitative estimate of drug-likeness (QED) is 0.833. The Morgan fingerprint density at radius 3 is 2.71 bits per heavy atom. The summed E-state index contributed by atoms with van der Waals surface area (Å²) in [5.41, 5.74) is 8.43. The van der Waals surface area contributed by atoms with Crippen molar-refractivity contribution < 1.29 is 0 Å². The van der Waals surface area contributed by atoms with E-state index in [0.717, 1.165) is 32.5 Å². The Morgan fingerprint density at radius 1 is 1.41 bits per heavy atom. The molecule has 92 valence electrons. The number of likely N-dealkylation sites (tertiary alicyclic amines) is 1. The van der Waals surface area contributed by atoms with E-state index < -0.39 is 0 Å². The van der Waals surface area contributed by atoms with Crippen LogP contribution in [0.15, 0.2) is 24.3 Å². The van der Waals surface area contributed by atoms with E-state index in [2.05, 4.69) is 36.1 Å². The molecule has 0 saturated carbocycles. The van der Waals surface area contributed by atoms with Gasteiger partial charge in [-0.1, -0.05) is 42.0 Å². The minimum absolute atomic E-state index is 0.457. The first-order valence-electron chi connectivity index (χ1n) is 6.22. The number of aryl methyl sites for hydroxylation is 1. The Bertz CT molecular complexity index is 395. The molecule has 1 heterocycles. The molecule has 2 nitrogen and oxygen atoms in total. The summed E-state index contributed by atoms with van der Waals surface area (Å²) < 4.78 is 0. The molecule has 0 atom stereocenters. The van der Waals surface area contributed by atoms with E-state index in [1.807, 2.05) is 0 Å². The third-order valence-electron chi connectivity index (χ3n) is 3.48. The van der Waals surface area contributed by atoms with Crippen molar-refractivity contribution in [3.8, 4) is 0 Å². The Balaban J connectivity index is 1.88. The summed E-state index contributed by atoms with van der Waals surface area (Å²) >= 11 is 5.06. The van der Waals surface area contributed by atoms with Gasteiger partial charge >= 0.3 is 0 Å². The Labute approximate surface area is 109 Å². The molecule has 1 aliphatic heterocycles. The van der Waals surface area contributed by atoms with E-state index in [1.54, 1.807) is 0 Å². The molecule has 0 amide bonds. The van der Waals surface area contributed by atoms with Gasteiger partial charge in [0, 0.05) is 12.5 Å². The number of nitrogens with zero attached hydrogens (tertiary/aromatic N) is 1. The van der Waals surface area contributed by atoms with Gasteiger partial charge in [0.25, 0.3) is 0 Å². The summed E-state index contributed by atoms with van der Waals surface area (Å²) in [6.45, 7) is 5.40. The van der Waals surface area contributed by atoms with E-state index in [-0.39, 0.29) is 0 Å². The highest BCUT2D eigenvalue weighted by Crippen LogP contribution is 2.19. The van der Waals surface area contributed by atoms with Crippen molar-refractivity contribution in [3.63, 3.8) is 0 Å². The molecule has 1 saturated heterocycles. The minimum Gasteiger partial charge on any atom is -0.393 e. The summed E-state index contributed by atoms with van der Waals surface area (Å²) in [6, 6.07) is 8.74. The van der Waals surface area contributed by atoms with Gasteiger partial charge in [-0.15, -0.1) is 0 Å². The average molecular weight is 248 g/mol. The predicted octanol–water partition coefficient (Wildman–Crippen LogP) is 2.49. The highest BCUT2D eigenvalue weighted by molar-refractivity contribution is 7.80. The number of hydrogen-bond acceptors (Lipinski definition) is 2. The molecule has 17 heavy (non-hydrogen) atoms. The second kappa shape index (κ2) is 5.61. The first-order chi connectivity index (χ1) is 8.15. The number of nitrogens with two attached hydrogens (primary N) is 1. The van der Waals surface area contributed by atoms with Crippen molar-refractivity contribution >= 4 is 17.2 Å². The lowest BCUT2D eigenvalue weighted by Gasteiger charge is -2.31. The second-order valence-electron chi connectivity index (χ2n) is 4.94. The molecule has 0 aliphatic carbocycles. The van der Waals surface area contributed by atoms with Gasteiger partial charge < -0.3 is 5.73 Å². The Hall–Kier alpha value is -0.930. The largest absolute Gasteiger partial charge is 0.393 e. The Morgan fingerprint density at radius 2 is 2.12 bits per heavy atom. The molecule has 1 aromatic rings. The molecule has 0 aromatic heterocycles. The van der Waals surface area contributed by atoms with Gasteiger partial charge in [0.2, 0.25) is 0 Å². The monoisotopic (exact) mass is 248 g/mol. The van der Waals surface area contributed by atoms with Gasteiger partial charge in [-0.25, -0.2) is 0 Å². The average Bonchev–Trinajstić information content (AvgIpc) is 2.29. The fourth-order valence-electron chi connectivity index (χ4n) is 2.44. The molecule has 1 aromatic carbocycles. The lowest BCUT2D eigenvalue weighted by molar-refractivity contribution is 0.202. The van der Waals surface area contributed by atoms with Gasteiger partial charge in [-0.3, -0.25) is 4.90 Å². The summed E-state index contributed by atoms with van der Waals surface area (Å²) in [7, 11) is 0. The molecule has 3 heteroatoms. The predicted molar refractivity (Wildman–Crippen MR) is 76.0 cm³/mol. The van der Waals surface area contributed by atoms with Crippen LogP contribution in [-0.2, 0) is 6.54 Å². The van der Waals surface area contributed by atoms with Crippen molar-refractivity contribution in [1.82, 2.24) is 4.90 Å². The van der Waals surface area contributed by atoms with E-state index in [0.29, 0.717) is 10.9 Å². The van der Waals surface area contributed by atoms with Crippen LogP contribution in [-0.4, -0.2) is 23.0 Å². The molecule has 0 spiro atoms. The van der Waals surface area contributed by atoms with Crippen LogP contribution >= 0.6 is 12.2 Å². The minimum atomic E-state index is 0.457. The SMILES string of the molecule is Cc1cccc(CN2CCC(C(N)=S)CC2)c1. The van der Waals surface area contributed by atoms with Crippen LogP contribution in [0.4, 0.5) is 0 Å². The summed E-state index contributed by atoms with van der Waals surface area (Å²) in [5, 5.41) is 0. The van der Waals surface area contributed by atoms with Crippen LogP contribution in [0.3, 0.4) is 0 Å². The topological polar surface area (TPSA) is 29.3 Å². The van der Waals surface area contributed by atoms with Crippen molar-refractivity contribution in [2.75, 3.05) is 13.1 Å². The van der Waals surface area contributed by atoms with E-state index in [4.69, 9.17) is 18.0 Å². The molecule has 2 N–H and O–H groups in total. The van der Waals surface area contributed by atoms with Crippen LogP contribution in [0, 0.1) is 12.8 Å². The normalized spacial score (nSPS) is 18.2. The molecule has 1 aliphatic rings. The zero-order valence-corrected chi connectivity index (χ0v) is 11.2. The molecule has 0 bridgehead atoms. The van der Waals surface area contributed by atoms with Gasteiger partial charge in [0.1, 0.15) is 0 Å². The van der Waals surface area contributed by atoms with E-state index in [1.165, 1.54) is 11.1 Å². The zero-order chi connectivity index (χ0) is 12.3. The van der Waals surface area contributed by atoms with Crippen LogP contribution in [0.2, 0.25) is 0 Å². The Kier molecular flexibility index (Phi) is 4.13. The summed E-state index contributed by atoms with van der Waals surface area (Å²) in [6.07, 6.45) is 2.22. The van der Waals surface area contributed by atoms with Gasteiger partial charge in [0.05, 0.1) is 4.99 Å². The first-order valence-corrected chi connectivity index (χ1v) is 6.63. The number of piperidine rings is 1. The maximum atomic E-state index is 5.70. The molecular formula is C14H20N2S. The van der Waals surface area contributed by atoms with Crippen molar-refractivity contribution in [2.45, 2.75) is 26.3 Å². The van der Waals surface area contributed by atoms with Crippen molar-refractivity contribution in [1.29, 1.82) is 0 Å². The number of benzene rings is 1. The highest BCUT2D eigenvalue weighted by atomic mass is 32.1. The highest BCUT2D eigenvalue weighted by Gasteiger charge is 2.20. The van der Waals surface area contributed by atoms with Crippen LogP contribution < -0.4 is 5.73 Å². The standard InChI is InChI=1S/C14H20N2S/c1-11-3-2-4-12(9-11)10-16-7-5-13(6-8-16)14(15)17/h2-4,9,13H,5-8,10H2,1H3,(H2,15,17). The van der Waals surface area contributed by atoms with Crippen LogP contribution in [0.25, 0.3) is 0 Å². The fourth-order valence-corrected chi connectivity index (χ4v) is 2.68. The van der Waals surface area contributed by atoms with E-state index >= 15 is 0 Å². The van der Waals surface area contributed by atoms with Gasteiger partial charge in [0.15, 0.2) is 0 Å². The molecular weight excluding hydrogens is 228 g/mol. The van der Waals surface area contributed by atoms with Gasteiger partial charge in [-0.05, 0) is 38.4 Å². The summed E-state index contributed by atoms with van der Waals surface area (Å²) in [4.78, 5) is 3.18. The van der Waals surface area contributed by atoms with Crippen LogP contribution in [0.1, 0.15) is 24.0 Å². The molecule has 0 radical (unpaired) electrons. The van der Waals surface area contributed by atoms with Crippen molar-refractivity contribution in [3.05, 3.63) is 35.4 Å².